The van der Waals surface area contributed by atoms with Crippen molar-refractivity contribution in [3.63, 3.8) is 0 Å². The van der Waals surface area contributed by atoms with Gasteiger partial charge in [0.1, 0.15) is 35.0 Å². The molecular weight excluding hydrogens is 608 g/mol. The molecule has 11 nitrogen and oxygen atoms in total. The fourth-order valence-electron chi connectivity index (χ4n) is 6.48. The lowest BCUT2D eigenvalue weighted by Crippen LogP contribution is -2.51. The molecule has 6 rings (SSSR count). The molecule has 1 atom stereocenters. The molecule has 2 aromatic heterocycles. The molecule has 47 heavy (non-hydrogen) atoms. The number of imidazole rings is 1. The van der Waals surface area contributed by atoms with Gasteiger partial charge in [-0.05, 0) is 95.3 Å². The number of hydrogen-bond donors (Lipinski definition) is 1. The van der Waals surface area contributed by atoms with Gasteiger partial charge >= 0.3 is 11.8 Å². The summed E-state index contributed by atoms with van der Waals surface area (Å²) in [5.41, 5.74) is 5.70. The molecule has 2 N–H and O–H groups in total. The van der Waals surface area contributed by atoms with E-state index in [1.165, 1.54) is 10.9 Å². The first kappa shape index (κ1) is 32.4. The minimum atomic E-state index is -3.20. The Labute approximate surface area is 271 Å². The van der Waals surface area contributed by atoms with E-state index in [4.69, 9.17) is 15.2 Å². The molecule has 1 amide bonds. The largest absolute Gasteiger partial charge is 0.457 e. The van der Waals surface area contributed by atoms with Crippen LogP contribution in [0.4, 0.5) is 19.4 Å². The molecule has 2 saturated heterocycles. The molecule has 0 saturated carbocycles. The van der Waals surface area contributed by atoms with Gasteiger partial charge in [0.15, 0.2) is 11.5 Å². The zero-order chi connectivity index (χ0) is 33.3. The summed E-state index contributed by atoms with van der Waals surface area (Å²) in [6, 6.07) is 14.6. The molecule has 0 bridgehead atoms. The summed E-state index contributed by atoms with van der Waals surface area (Å²) < 4.78 is 45.7. The van der Waals surface area contributed by atoms with Crippen LogP contribution >= 0.6 is 0 Å². The van der Waals surface area contributed by atoms with Crippen LogP contribution in [0.2, 0.25) is 0 Å². The monoisotopic (exact) mass is 649 g/mol. The lowest BCUT2D eigenvalue weighted by Gasteiger charge is -2.39. The number of ether oxygens (including phenoxy) is 2. The fourth-order valence-corrected chi connectivity index (χ4v) is 6.48. The van der Waals surface area contributed by atoms with E-state index in [-0.39, 0.29) is 29.5 Å². The Morgan fingerprint density at radius 2 is 1.66 bits per heavy atom. The van der Waals surface area contributed by atoms with Gasteiger partial charge in [-0.25, -0.2) is 28.3 Å². The molecule has 2 aromatic carbocycles. The van der Waals surface area contributed by atoms with E-state index >= 15 is 8.78 Å². The zero-order valence-corrected chi connectivity index (χ0v) is 26.9. The molecular formula is C34H41F2N7O4. The first-order chi connectivity index (χ1) is 22.4. The standard InChI is InChI=1S/C34H41F2N7O4/c1-33(2,3)47-32(45)41-19-14-23(15-20-41)13-17-40-18-16-27(34(35,36)21-40)43-30-28(29(37)38-22-39-30)42(31(43)44)24-9-11-26(12-10-24)46-25-7-5-4-6-8-25/h4-12,22-23,27H,13-21H2,1-3H3,(H2,37,38,39)/t27-/m0/s1. The van der Waals surface area contributed by atoms with Gasteiger partial charge in [-0.15, -0.1) is 0 Å². The maximum atomic E-state index is 16.0. The van der Waals surface area contributed by atoms with Crippen molar-refractivity contribution in [2.24, 2.45) is 5.92 Å². The Morgan fingerprint density at radius 1 is 0.979 bits per heavy atom. The second-order valence-electron chi connectivity index (χ2n) is 13.4. The maximum absolute atomic E-state index is 16.0. The Kier molecular flexibility index (Phi) is 8.93. The van der Waals surface area contributed by atoms with Crippen LogP contribution in [0, 0.1) is 5.92 Å². The van der Waals surface area contributed by atoms with Crippen molar-refractivity contribution in [1.82, 2.24) is 28.9 Å². The Morgan fingerprint density at radius 3 is 2.32 bits per heavy atom. The average Bonchev–Trinajstić information content (AvgIpc) is 3.32. The molecule has 0 unspecified atom stereocenters. The first-order valence-corrected chi connectivity index (χ1v) is 16.0. The number of anilines is 1. The number of rotatable bonds is 7. The summed E-state index contributed by atoms with van der Waals surface area (Å²) in [4.78, 5) is 38.2. The summed E-state index contributed by atoms with van der Waals surface area (Å²) in [5, 5.41) is 0. The van der Waals surface area contributed by atoms with Gasteiger partial charge in [0.2, 0.25) is 0 Å². The third-order valence-corrected chi connectivity index (χ3v) is 8.83. The highest BCUT2D eigenvalue weighted by molar-refractivity contribution is 5.84. The van der Waals surface area contributed by atoms with E-state index in [0.29, 0.717) is 49.3 Å². The quantitative estimate of drug-likeness (QED) is 0.264. The van der Waals surface area contributed by atoms with Crippen LogP contribution in [0.5, 0.6) is 11.5 Å². The van der Waals surface area contributed by atoms with Crippen LogP contribution in [0.15, 0.2) is 65.7 Å². The third-order valence-electron chi connectivity index (χ3n) is 8.83. The molecule has 4 aromatic rings. The van der Waals surface area contributed by atoms with Gasteiger partial charge in [-0.3, -0.25) is 14.0 Å². The fraction of sp³-hybridized carbons (Fsp3) is 0.471. The lowest BCUT2D eigenvalue weighted by atomic mass is 9.92. The molecule has 250 valence electrons. The Balaban J connectivity index is 1.15. The second kappa shape index (κ2) is 12.9. The van der Waals surface area contributed by atoms with Crippen LogP contribution < -0.4 is 16.2 Å². The summed E-state index contributed by atoms with van der Waals surface area (Å²) in [7, 11) is 0. The van der Waals surface area contributed by atoms with Gasteiger partial charge in [0, 0.05) is 19.6 Å². The van der Waals surface area contributed by atoms with Crippen LogP contribution in [0.25, 0.3) is 16.9 Å². The number of para-hydroxylation sites is 1. The third kappa shape index (κ3) is 7.09. The van der Waals surface area contributed by atoms with Crippen LogP contribution in [-0.4, -0.2) is 79.2 Å². The van der Waals surface area contributed by atoms with Gasteiger partial charge in [0.25, 0.3) is 5.92 Å². The average molecular weight is 650 g/mol. The smallest absolute Gasteiger partial charge is 0.410 e. The minimum Gasteiger partial charge on any atom is -0.457 e. The summed E-state index contributed by atoms with van der Waals surface area (Å²) in [6.07, 6.45) is 3.32. The van der Waals surface area contributed by atoms with E-state index in [2.05, 4.69) is 9.97 Å². The molecule has 0 radical (unpaired) electrons. The molecule has 4 heterocycles. The number of piperidine rings is 2. The van der Waals surface area contributed by atoms with Gasteiger partial charge in [-0.2, -0.15) is 0 Å². The van der Waals surface area contributed by atoms with Crippen molar-refractivity contribution in [2.45, 2.75) is 64.0 Å². The summed E-state index contributed by atoms with van der Waals surface area (Å²) >= 11 is 0. The highest BCUT2D eigenvalue weighted by atomic mass is 19.3. The molecule has 2 fully saturated rings. The predicted molar refractivity (Wildman–Crippen MR) is 174 cm³/mol. The first-order valence-electron chi connectivity index (χ1n) is 16.0. The maximum Gasteiger partial charge on any atom is 0.410 e. The van der Waals surface area contributed by atoms with Crippen molar-refractivity contribution in [3.8, 4) is 17.2 Å². The number of carbonyl (C=O) groups excluding carboxylic acids is 1. The summed E-state index contributed by atoms with van der Waals surface area (Å²) in [6.45, 7) is 7.17. The van der Waals surface area contributed by atoms with Gasteiger partial charge in [-0.1, -0.05) is 18.2 Å². The van der Waals surface area contributed by atoms with E-state index in [0.717, 1.165) is 23.8 Å². The Hall–Kier alpha value is -4.52. The number of aromatic nitrogens is 4. The number of likely N-dealkylation sites (tertiary alicyclic amines) is 2. The molecule has 0 aliphatic carbocycles. The number of nitrogen functional groups attached to an aromatic ring is 1. The van der Waals surface area contributed by atoms with Crippen molar-refractivity contribution in [1.29, 1.82) is 0 Å². The lowest BCUT2D eigenvalue weighted by molar-refractivity contribution is -0.104. The topological polar surface area (TPSA) is 121 Å². The number of benzene rings is 2. The number of amides is 1. The predicted octanol–water partition coefficient (Wildman–Crippen LogP) is 5.88. The number of fused-ring (bicyclic) bond motifs is 1. The van der Waals surface area contributed by atoms with E-state index in [1.54, 1.807) is 34.1 Å². The molecule has 2 aliphatic heterocycles. The van der Waals surface area contributed by atoms with Crippen LogP contribution in [0.1, 0.15) is 52.5 Å². The van der Waals surface area contributed by atoms with Gasteiger partial charge < -0.3 is 20.1 Å². The normalized spacial score (nSPS) is 19.2. The van der Waals surface area contributed by atoms with E-state index in [9.17, 15) is 9.59 Å². The molecule has 0 spiro atoms. The SMILES string of the molecule is CC(C)(C)OC(=O)N1CCC(CCN2CC[C@H](n3c(=O)n(-c4ccc(Oc5ccccc5)cc4)c4c(N)ncnc43)C(F)(F)C2)CC1. The van der Waals surface area contributed by atoms with Gasteiger partial charge in [0.05, 0.1) is 12.2 Å². The second-order valence-corrected chi connectivity index (χ2v) is 13.4. The van der Waals surface area contributed by atoms with Crippen molar-refractivity contribution < 1.29 is 23.0 Å². The van der Waals surface area contributed by atoms with E-state index in [1.807, 2.05) is 51.1 Å². The number of nitrogens with zero attached hydrogens (tertiary/aromatic N) is 6. The zero-order valence-electron chi connectivity index (χ0n) is 26.9. The minimum absolute atomic E-state index is 0.0222. The number of carbonyl (C=O) groups is 1. The highest BCUT2D eigenvalue weighted by Crippen LogP contribution is 2.38. The Bertz CT molecular complexity index is 1760. The van der Waals surface area contributed by atoms with Crippen molar-refractivity contribution >= 4 is 23.1 Å². The van der Waals surface area contributed by atoms with Crippen LogP contribution in [0.3, 0.4) is 0 Å². The van der Waals surface area contributed by atoms with Crippen molar-refractivity contribution in [2.75, 3.05) is 38.5 Å². The highest BCUT2D eigenvalue weighted by Gasteiger charge is 2.47. The van der Waals surface area contributed by atoms with Crippen LogP contribution in [-0.2, 0) is 4.74 Å². The number of halogens is 2. The molecule has 2 aliphatic rings. The number of alkyl halides is 2. The van der Waals surface area contributed by atoms with E-state index < -0.39 is 29.8 Å². The number of nitrogens with two attached hydrogens (primary N) is 1. The summed E-state index contributed by atoms with van der Waals surface area (Å²) in [5.74, 6) is -1.63. The molecule has 13 heteroatoms. The number of hydrogen-bond acceptors (Lipinski definition) is 8. The van der Waals surface area contributed by atoms with Crippen molar-refractivity contribution in [3.05, 3.63) is 71.4 Å².